The molecule has 2 aliphatic heterocycles. The summed E-state index contributed by atoms with van der Waals surface area (Å²) in [6, 6.07) is 15.5. The molecule has 1 unspecified atom stereocenters. The van der Waals surface area contributed by atoms with Crippen LogP contribution in [0.3, 0.4) is 0 Å². The van der Waals surface area contributed by atoms with E-state index in [1.807, 2.05) is 12.1 Å². The van der Waals surface area contributed by atoms with E-state index in [1.165, 1.54) is 36.3 Å². The molecule has 2 heterocycles. The topological polar surface area (TPSA) is 93.5 Å². The average molecular weight is 568 g/mol. The first-order valence-corrected chi connectivity index (χ1v) is 13.1. The van der Waals surface area contributed by atoms with Gasteiger partial charge < -0.3 is 24.7 Å². The molecule has 39 heavy (non-hydrogen) atoms. The molecule has 5 rings (SSSR count). The molecule has 2 aliphatic rings. The third kappa shape index (κ3) is 5.03. The minimum absolute atomic E-state index is 0.0287. The van der Waals surface area contributed by atoms with Gasteiger partial charge in [0.1, 0.15) is 11.5 Å². The lowest BCUT2D eigenvalue weighted by atomic mass is 9.95. The highest BCUT2D eigenvalue weighted by atomic mass is 35.5. The van der Waals surface area contributed by atoms with E-state index in [2.05, 4.69) is 16.8 Å². The van der Waals surface area contributed by atoms with Crippen LogP contribution in [0, 0.1) is 0 Å². The summed E-state index contributed by atoms with van der Waals surface area (Å²) in [7, 11) is 3.51. The standard InChI is InChI=1S/C29H27Cl2N3O5/c1-32-11-13-33(14-12-32)19-5-7-20(8-6-19)34-25(17-3-9-21(35)10-4-17)24(27(37)29(34)38)26(36)18-15-22(30)28(39-2)23(31)16-18/h3-10,15-16,25,35-36H,11-14H2,1-2H3/b26-24+. The lowest BCUT2D eigenvalue weighted by Crippen LogP contribution is -2.44. The normalized spacial score (nSPS) is 19.5. The zero-order valence-corrected chi connectivity index (χ0v) is 22.9. The van der Waals surface area contributed by atoms with Gasteiger partial charge in [-0.25, -0.2) is 0 Å². The number of aliphatic hydroxyl groups excluding tert-OH is 1. The highest BCUT2D eigenvalue weighted by Gasteiger charge is 2.47. The second-order valence-electron chi connectivity index (χ2n) is 9.54. The molecule has 2 fully saturated rings. The van der Waals surface area contributed by atoms with E-state index in [-0.39, 0.29) is 32.7 Å². The van der Waals surface area contributed by atoms with Gasteiger partial charge in [0.05, 0.1) is 28.8 Å². The van der Waals surface area contributed by atoms with Gasteiger partial charge in [0.2, 0.25) is 0 Å². The number of Topliss-reactive ketones (excluding diaryl/α,β-unsaturated/α-hetero) is 1. The molecule has 0 aliphatic carbocycles. The quantitative estimate of drug-likeness (QED) is 0.252. The number of carbonyl (C=O) groups excluding carboxylic acids is 2. The summed E-state index contributed by atoms with van der Waals surface area (Å²) >= 11 is 12.6. The van der Waals surface area contributed by atoms with E-state index in [9.17, 15) is 19.8 Å². The summed E-state index contributed by atoms with van der Waals surface area (Å²) < 4.78 is 5.19. The van der Waals surface area contributed by atoms with E-state index < -0.39 is 23.5 Å². The number of phenols is 1. The second kappa shape index (κ2) is 10.8. The van der Waals surface area contributed by atoms with Gasteiger partial charge in [0.25, 0.3) is 11.7 Å². The third-order valence-electron chi connectivity index (χ3n) is 7.13. The van der Waals surface area contributed by atoms with Crippen molar-refractivity contribution in [1.82, 2.24) is 4.90 Å². The Morgan fingerprint density at radius 3 is 2.03 bits per heavy atom. The van der Waals surface area contributed by atoms with Crippen LogP contribution in [0.4, 0.5) is 11.4 Å². The van der Waals surface area contributed by atoms with Crippen LogP contribution in [0.2, 0.25) is 10.0 Å². The minimum Gasteiger partial charge on any atom is -0.508 e. The molecule has 2 N–H and O–H groups in total. The number of piperazine rings is 1. The molecule has 8 nitrogen and oxygen atoms in total. The average Bonchev–Trinajstić information content (AvgIpc) is 3.19. The number of benzene rings is 3. The molecule has 0 spiro atoms. The number of halogens is 2. The van der Waals surface area contributed by atoms with E-state index in [4.69, 9.17) is 27.9 Å². The van der Waals surface area contributed by atoms with Gasteiger partial charge in [0.15, 0.2) is 5.75 Å². The number of rotatable bonds is 5. The number of amides is 1. The SMILES string of the molecule is COc1c(Cl)cc(/C(O)=C2\C(=O)C(=O)N(c3ccc(N4CCN(C)CC4)cc3)C2c2ccc(O)cc2)cc1Cl. The van der Waals surface area contributed by atoms with E-state index in [1.54, 1.807) is 24.3 Å². The van der Waals surface area contributed by atoms with Crippen molar-refractivity contribution in [2.45, 2.75) is 6.04 Å². The number of nitrogens with zero attached hydrogens (tertiary/aromatic N) is 3. The number of likely N-dealkylation sites (N-methyl/N-ethyl adjacent to an activating group) is 1. The van der Waals surface area contributed by atoms with Crippen molar-refractivity contribution in [1.29, 1.82) is 0 Å². The van der Waals surface area contributed by atoms with Crippen molar-refractivity contribution < 1.29 is 24.5 Å². The van der Waals surface area contributed by atoms with Crippen LogP contribution in [-0.4, -0.2) is 67.1 Å². The van der Waals surface area contributed by atoms with Crippen LogP contribution >= 0.6 is 23.2 Å². The highest BCUT2D eigenvalue weighted by molar-refractivity contribution is 6.51. The lowest BCUT2D eigenvalue weighted by molar-refractivity contribution is -0.132. The Morgan fingerprint density at radius 1 is 0.897 bits per heavy atom. The van der Waals surface area contributed by atoms with Gasteiger partial charge in [0, 0.05) is 43.1 Å². The predicted molar refractivity (Wildman–Crippen MR) is 152 cm³/mol. The number of hydrogen-bond donors (Lipinski definition) is 2. The molecule has 10 heteroatoms. The summed E-state index contributed by atoms with van der Waals surface area (Å²) in [5.41, 5.74) is 2.09. The number of anilines is 2. The molecule has 1 amide bonds. The maximum absolute atomic E-state index is 13.5. The molecule has 0 saturated carbocycles. The predicted octanol–water partition coefficient (Wildman–Crippen LogP) is 5.09. The van der Waals surface area contributed by atoms with Crippen molar-refractivity contribution in [3.8, 4) is 11.5 Å². The summed E-state index contributed by atoms with van der Waals surface area (Å²) in [5.74, 6) is -1.80. The van der Waals surface area contributed by atoms with E-state index in [0.717, 1.165) is 31.9 Å². The van der Waals surface area contributed by atoms with Gasteiger partial charge in [-0.05, 0) is 61.1 Å². The summed E-state index contributed by atoms with van der Waals surface area (Å²) in [4.78, 5) is 32.8. The largest absolute Gasteiger partial charge is 0.508 e. The Bertz CT molecular complexity index is 1430. The number of aromatic hydroxyl groups is 1. The molecule has 0 bridgehead atoms. The van der Waals surface area contributed by atoms with Crippen molar-refractivity contribution in [2.24, 2.45) is 0 Å². The van der Waals surface area contributed by atoms with Crippen LogP contribution in [-0.2, 0) is 9.59 Å². The molecule has 3 aromatic carbocycles. The summed E-state index contributed by atoms with van der Waals surface area (Å²) in [6.45, 7) is 3.69. The van der Waals surface area contributed by atoms with Gasteiger partial charge in [-0.15, -0.1) is 0 Å². The third-order valence-corrected chi connectivity index (χ3v) is 7.69. The Morgan fingerprint density at radius 2 is 1.46 bits per heavy atom. The van der Waals surface area contributed by atoms with E-state index >= 15 is 0 Å². The maximum Gasteiger partial charge on any atom is 0.300 e. The molecule has 3 aromatic rings. The fourth-order valence-corrected chi connectivity index (χ4v) is 5.65. The first kappa shape index (κ1) is 26.9. The Kier molecular flexibility index (Phi) is 7.44. The van der Waals surface area contributed by atoms with Crippen LogP contribution in [0.25, 0.3) is 5.76 Å². The summed E-state index contributed by atoms with van der Waals surface area (Å²) in [6.07, 6.45) is 0. The fourth-order valence-electron chi connectivity index (χ4n) is 5.01. The Balaban J connectivity index is 1.60. The van der Waals surface area contributed by atoms with Crippen LogP contribution in [0.1, 0.15) is 17.2 Å². The van der Waals surface area contributed by atoms with Gasteiger partial charge in [-0.3, -0.25) is 14.5 Å². The Hall–Kier alpha value is -3.72. The number of methoxy groups -OCH3 is 1. The number of hydrogen-bond acceptors (Lipinski definition) is 7. The van der Waals surface area contributed by atoms with Crippen molar-refractivity contribution in [3.05, 3.63) is 87.4 Å². The van der Waals surface area contributed by atoms with Gasteiger partial charge >= 0.3 is 0 Å². The number of ether oxygens (including phenoxy) is 1. The number of carbonyl (C=O) groups is 2. The lowest BCUT2D eigenvalue weighted by Gasteiger charge is -2.34. The zero-order valence-electron chi connectivity index (χ0n) is 21.4. The minimum atomic E-state index is -0.959. The van der Waals surface area contributed by atoms with Crippen molar-refractivity contribution in [2.75, 3.05) is 50.1 Å². The number of ketones is 1. The first-order chi connectivity index (χ1) is 18.7. The van der Waals surface area contributed by atoms with Crippen molar-refractivity contribution in [3.63, 3.8) is 0 Å². The number of aliphatic hydroxyl groups is 1. The van der Waals surface area contributed by atoms with E-state index in [0.29, 0.717) is 11.3 Å². The molecule has 0 radical (unpaired) electrons. The van der Waals surface area contributed by atoms with Crippen molar-refractivity contribution >= 4 is 52.0 Å². The molecule has 202 valence electrons. The second-order valence-corrected chi connectivity index (χ2v) is 10.4. The zero-order chi connectivity index (χ0) is 27.8. The molecule has 2 saturated heterocycles. The fraction of sp³-hybridized carbons (Fsp3) is 0.241. The van der Waals surface area contributed by atoms with Gasteiger partial charge in [-0.2, -0.15) is 0 Å². The van der Waals surface area contributed by atoms with Gasteiger partial charge in [-0.1, -0.05) is 35.3 Å². The van der Waals surface area contributed by atoms with Crippen LogP contribution in [0.15, 0.2) is 66.2 Å². The molecule has 1 atom stereocenters. The maximum atomic E-state index is 13.5. The number of phenolic OH excluding ortho intramolecular Hbond substituents is 1. The first-order valence-electron chi connectivity index (χ1n) is 12.4. The highest BCUT2D eigenvalue weighted by Crippen LogP contribution is 2.44. The molecular weight excluding hydrogens is 541 g/mol. The van der Waals surface area contributed by atoms with Crippen LogP contribution in [0.5, 0.6) is 11.5 Å². The molecular formula is C29H27Cl2N3O5. The molecule has 0 aromatic heterocycles. The monoisotopic (exact) mass is 567 g/mol. The van der Waals surface area contributed by atoms with Crippen LogP contribution < -0.4 is 14.5 Å². The Labute approximate surface area is 236 Å². The summed E-state index contributed by atoms with van der Waals surface area (Å²) in [5, 5.41) is 21.5. The smallest absolute Gasteiger partial charge is 0.300 e.